The molecule has 0 radical (unpaired) electrons. The van der Waals surface area contributed by atoms with Crippen LogP contribution in [0.2, 0.25) is 0 Å². The van der Waals surface area contributed by atoms with Gasteiger partial charge in [-0.15, -0.1) is 0 Å². The van der Waals surface area contributed by atoms with E-state index >= 15 is 0 Å². The summed E-state index contributed by atoms with van der Waals surface area (Å²) in [5.74, 6) is 0.400. The van der Waals surface area contributed by atoms with Crippen LogP contribution >= 0.6 is 0 Å². The second-order valence-corrected chi connectivity index (χ2v) is 4.04. The van der Waals surface area contributed by atoms with E-state index in [1.807, 2.05) is 0 Å². The summed E-state index contributed by atoms with van der Waals surface area (Å²) in [6.07, 6.45) is 2.05. The van der Waals surface area contributed by atoms with E-state index in [1.165, 1.54) is 5.57 Å². The average molecular weight is 140 g/mol. The third-order valence-corrected chi connectivity index (χ3v) is 2.37. The molecule has 1 aliphatic rings. The molecule has 58 valence electrons. The zero-order valence-electron chi connectivity index (χ0n) is 7.18. The summed E-state index contributed by atoms with van der Waals surface area (Å²) in [5.41, 5.74) is 1.44. The summed E-state index contributed by atoms with van der Waals surface area (Å²) in [5, 5.41) is 9.36. The number of hydrogen-bond donors (Lipinski definition) is 1. The van der Waals surface area contributed by atoms with Crippen LogP contribution in [0.1, 0.15) is 27.7 Å². The number of allylic oxidation sites excluding steroid dienone is 1. The van der Waals surface area contributed by atoms with Crippen molar-refractivity contribution in [2.75, 3.05) is 0 Å². The fourth-order valence-corrected chi connectivity index (χ4v) is 1.31. The molecular formula is C9H16O. The van der Waals surface area contributed by atoms with Gasteiger partial charge in [-0.2, -0.15) is 0 Å². The Labute approximate surface area is 62.8 Å². The van der Waals surface area contributed by atoms with Crippen molar-refractivity contribution in [1.82, 2.24) is 0 Å². The minimum absolute atomic E-state index is 0.109. The minimum Gasteiger partial charge on any atom is -0.392 e. The molecule has 1 rings (SSSR count). The molecule has 0 bridgehead atoms. The van der Waals surface area contributed by atoms with Crippen LogP contribution < -0.4 is 0 Å². The molecule has 0 heterocycles. The van der Waals surface area contributed by atoms with Crippen LogP contribution in [0.4, 0.5) is 0 Å². The van der Waals surface area contributed by atoms with Crippen molar-refractivity contribution in [2.24, 2.45) is 11.3 Å². The summed E-state index contributed by atoms with van der Waals surface area (Å²) < 4.78 is 0. The van der Waals surface area contributed by atoms with E-state index in [0.717, 1.165) is 0 Å². The lowest BCUT2D eigenvalue weighted by atomic mass is 10.1. The maximum Gasteiger partial charge on any atom is 0.0666 e. The molecule has 0 unspecified atom stereocenters. The smallest absolute Gasteiger partial charge is 0.0666 e. The third kappa shape index (κ3) is 1.10. The fourth-order valence-electron chi connectivity index (χ4n) is 1.31. The van der Waals surface area contributed by atoms with E-state index in [4.69, 9.17) is 0 Å². The number of hydrogen-bond acceptors (Lipinski definition) is 1. The molecule has 0 saturated heterocycles. The Bertz CT molecular complexity index is 164. The highest BCUT2D eigenvalue weighted by Gasteiger charge is 2.55. The van der Waals surface area contributed by atoms with E-state index in [2.05, 4.69) is 33.8 Å². The zero-order valence-corrected chi connectivity index (χ0v) is 7.18. The first-order chi connectivity index (χ1) is 4.46. The molecule has 1 nitrogen and oxygen atoms in total. The highest BCUT2D eigenvalue weighted by molar-refractivity contribution is 5.17. The van der Waals surface area contributed by atoms with E-state index in [0.29, 0.717) is 5.92 Å². The monoisotopic (exact) mass is 140 g/mol. The van der Waals surface area contributed by atoms with Gasteiger partial charge < -0.3 is 5.11 Å². The normalized spacial score (nSPS) is 35.3. The van der Waals surface area contributed by atoms with Gasteiger partial charge in [0.2, 0.25) is 0 Å². The highest BCUT2D eigenvalue weighted by Crippen LogP contribution is 2.52. The topological polar surface area (TPSA) is 20.2 Å². The predicted molar refractivity (Wildman–Crippen MR) is 42.7 cm³/mol. The third-order valence-electron chi connectivity index (χ3n) is 2.37. The maximum absolute atomic E-state index is 9.36. The Balaban J connectivity index is 2.58. The molecule has 1 fully saturated rings. The lowest BCUT2D eigenvalue weighted by Gasteiger charge is -1.95. The first kappa shape index (κ1) is 7.80. The summed E-state index contributed by atoms with van der Waals surface area (Å²) in [7, 11) is 0. The molecule has 1 heteroatoms. The van der Waals surface area contributed by atoms with E-state index in [9.17, 15) is 5.11 Å². The Morgan fingerprint density at radius 1 is 1.40 bits per heavy atom. The molecule has 1 aliphatic carbocycles. The first-order valence-corrected chi connectivity index (χ1v) is 3.79. The van der Waals surface area contributed by atoms with Gasteiger partial charge in [-0.25, -0.2) is 0 Å². The second kappa shape index (κ2) is 2.09. The molecule has 2 atom stereocenters. The summed E-state index contributed by atoms with van der Waals surface area (Å²) in [6, 6.07) is 0. The summed E-state index contributed by atoms with van der Waals surface area (Å²) in [4.78, 5) is 0. The number of aliphatic hydroxyl groups excluding tert-OH is 1. The molecule has 0 aromatic heterocycles. The largest absolute Gasteiger partial charge is 0.392 e. The zero-order chi connectivity index (χ0) is 7.94. The van der Waals surface area contributed by atoms with E-state index in [-0.39, 0.29) is 11.5 Å². The fraction of sp³-hybridized carbons (Fsp3) is 0.778. The quantitative estimate of drug-likeness (QED) is 0.552. The van der Waals surface area contributed by atoms with Gasteiger partial charge in [0.25, 0.3) is 0 Å². The molecule has 0 aliphatic heterocycles. The number of aliphatic hydroxyl groups is 1. The van der Waals surface area contributed by atoms with Crippen molar-refractivity contribution in [2.45, 2.75) is 33.8 Å². The summed E-state index contributed by atoms with van der Waals surface area (Å²) >= 11 is 0. The first-order valence-electron chi connectivity index (χ1n) is 3.79. The highest BCUT2D eigenvalue weighted by atomic mass is 16.3. The van der Waals surface area contributed by atoms with Crippen LogP contribution in [0, 0.1) is 11.3 Å². The summed E-state index contributed by atoms with van der Waals surface area (Å²) in [6.45, 7) is 8.34. The molecule has 0 aromatic rings. The number of rotatable bonds is 1. The van der Waals surface area contributed by atoms with Crippen LogP contribution in [-0.2, 0) is 0 Å². The van der Waals surface area contributed by atoms with Crippen LogP contribution in [-0.4, -0.2) is 11.2 Å². The molecule has 0 amide bonds. The van der Waals surface area contributed by atoms with Gasteiger partial charge in [-0.1, -0.05) is 25.5 Å². The van der Waals surface area contributed by atoms with Crippen molar-refractivity contribution in [3.63, 3.8) is 0 Å². The Hall–Kier alpha value is -0.300. The minimum atomic E-state index is -0.109. The molecule has 10 heavy (non-hydrogen) atoms. The molecule has 1 N–H and O–H groups in total. The molecular weight excluding hydrogens is 124 g/mol. The average Bonchev–Trinajstić information content (AvgIpc) is 2.17. The lowest BCUT2D eigenvalue weighted by molar-refractivity contribution is 0.232. The standard InChI is InChI=1S/C9H16O/c1-6(2)5-7-8(10)9(7,3)4/h5,7-8,10H,1-4H3/t7-,8+/m0/s1. The SMILES string of the molecule is CC(C)=C[C@H]1[C@@H](O)C1(C)C. The van der Waals surface area contributed by atoms with Crippen molar-refractivity contribution < 1.29 is 5.11 Å². The van der Waals surface area contributed by atoms with Crippen LogP contribution in [0.25, 0.3) is 0 Å². The van der Waals surface area contributed by atoms with Crippen LogP contribution in [0.15, 0.2) is 11.6 Å². The van der Waals surface area contributed by atoms with Gasteiger partial charge >= 0.3 is 0 Å². The molecule has 0 aromatic carbocycles. The van der Waals surface area contributed by atoms with Gasteiger partial charge in [0, 0.05) is 11.3 Å². The van der Waals surface area contributed by atoms with Crippen molar-refractivity contribution >= 4 is 0 Å². The van der Waals surface area contributed by atoms with Gasteiger partial charge in [0.05, 0.1) is 6.10 Å². The lowest BCUT2D eigenvalue weighted by Crippen LogP contribution is -1.91. The second-order valence-electron chi connectivity index (χ2n) is 4.04. The Kier molecular flexibility index (Phi) is 1.63. The van der Waals surface area contributed by atoms with Gasteiger partial charge in [0.1, 0.15) is 0 Å². The van der Waals surface area contributed by atoms with Crippen molar-refractivity contribution in [3.8, 4) is 0 Å². The Morgan fingerprint density at radius 3 is 1.90 bits per heavy atom. The van der Waals surface area contributed by atoms with Gasteiger partial charge in [-0.05, 0) is 13.8 Å². The van der Waals surface area contributed by atoms with Crippen molar-refractivity contribution in [1.29, 1.82) is 0 Å². The van der Waals surface area contributed by atoms with Crippen molar-refractivity contribution in [3.05, 3.63) is 11.6 Å². The van der Waals surface area contributed by atoms with E-state index in [1.54, 1.807) is 0 Å². The van der Waals surface area contributed by atoms with Crippen LogP contribution in [0.5, 0.6) is 0 Å². The van der Waals surface area contributed by atoms with E-state index < -0.39 is 0 Å². The predicted octanol–water partition coefficient (Wildman–Crippen LogP) is 1.97. The van der Waals surface area contributed by atoms with Gasteiger partial charge in [-0.3, -0.25) is 0 Å². The Morgan fingerprint density at radius 2 is 1.80 bits per heavy atom. The maximum atomic E-state index is 9.36. The molecule has 0 spiro atoms. The van der Waals surface area contributed by atoms with Crippen LogP contribution in [0.3, 0.4) is 0 Å². The molecule has 1 saturated carbocycles. The van der Waals surface area contributed by atoms with Gasteiger partial charge in [0.15, 0.2) is 0 Å².